The number of carbonyl (C=O) groups is 1. The van der Waals surface area contributed by atoms with Crippen LogP contribution in [0.1, 0.15) is 27.9 Å². The van der Waals surface area contributed by atoms with Crippen molar-refractivity contribution in [2.75, 3.05) is 6.54 Å². The van der Waals surface area contributed by atoms with Gasteiger partial charge in [0.2, 0.25) is 0 Å². The zero-order valence-electron chi connectivity index (χ0n) is 15.5. The molecule has 1 amide bonds. The molecule has 0 N–H and O–H groups in total. The Morgan fingerprint density at radius 1 is 0.857 bits per heavy atom. The zero-order valence-corrected chi connectivity index (χ0v) is 15.5. The second-order valence-corrected chi connectivity index (χ2v) is 6.61. The van der Waals surface area contributed by atoms with E-state index >= 15 is 0 Å². The van der Waals surface area contributed by atoms with Gasteiger partial charge >= 0.3 is 0 Å². The largest absolute Gasteiger partial charge is 0.334 e. The Balaban J connectivity index is 1.75. The average molecular weight is 374 g/mol. The van der Waals surface area contributed by atoms with Crippen LogP contribution in [0.25, 0.3) is 0 Å². The monoisotopic (exact) mass is 374 g/mol. The zero-order chi connectivity index (χ0) is 19.8. The molecule has 5 nitrogen and oxygen atoms in total. The maximum Gasteiger partial charge on any atom is 0.270 e. The summed E-state index contributed by atoms with van der Waals surface area (Å²) in [5.41, 5.74) is 2.52. The standard InChI is InChI=1S/C23H22N2O3/c26-23(21-14-7-15-22(17-21)25(27)28)24(18-20-11-5-2-6-12-20)16-8-13-19-9-3-1-4-10-19/h1-7,9-12,14-15,17H,8,13,16,18H2. The lowest BCUT2D eigenvalue weighted by Gasteiger charge is -2.23. The van der Waals surface area contributed by atoms with E-state index in [9.17, 15) is 14.9 Å². The van der Waals surface area contributed by atoms with Crippen molar-refractivity contribution >= 4 is 11.6 Å². The first-order chi connectivity index (χ1) is 13.6. The van der Waals surface area contributed by atoms with E-state index in [-0.39, 0.29) is 11.6 Å². The third kappa shape index (κ3) is 5.27. The predicted octanol–water partition coefficient (Wildman–Crippen LogP) is 4.87. The van der Waals surface area contributed by atoms with E-state index in [4.69, 9.17) is 0 Å². The van der Waals surface area contributed by atoms with Crippen molar-refractivity contribution in [1.29, 1.82) is 0 Å². The SMILES string of the molecule is O=C(c1cccc([N+](=O)[O-])c1)N(CCCc1ccccc1)Cc1ccccc1. The van der Waals surface area contributed by atoms with Gasteiger partial charge in [-0.25, -0.2) is 0 Å². The summed E-state index contributed by atoms with van der Waals surface area (Å²) < 4.78 is 0. The lowest BCUT2D eigenvalue weighted by Crippen LogP contribution is -2.31. The van der Waals surface area contributed by atoms with Gasteiger partial charge in [-0.05, 0) is 30.0 Å². The van der Waals surface area contributed by atoms with Gasteiger partial charge in [-0.2, -0.15) is 0 Å². The number of benzene rings is 3. The van der Waals surface area contributed by atoms with Crippen molar-refractivity contribution in [3.05, 3.63) is 112 Å². The fraction of sp³-hybridized carbons (Fsp3) is 0.174. The van der Waals surface area contributed by atoms with E-state index in [1.54, 1.807) is 17.0 Å². The molecule has 0 spiro atoms. The van der Waals surface area contributed by atoms with Crippen LogP contribution in [-0.4, -0.2) is 22.3 Å². The highest BCUT2D eigenvalue weighted by molar-refractivity contribution is 5.94. The maximum absolute atomic E-state index is 13.1. The van der Waals surface area contributed by atoms with Gasteiger partial charge in [-0.1, -0.05) is 66.7 Å². The third-order valence-electron chi connectivity index (χ3n) is 4.54. The summed E-state index contributed by atoms with van der Waals surface area (Å²) in [7, 11) is 0. The quantitative estimate of drug-likeness (QED) is 0.417. The van der Waals surface area contributed by atoms with Crippen molar-refractivity contribution in [3.8, 4) is 0 Å². The van der Waals surface area contributed by atoms with E-state index in [0.29, 0.717) is 18.7 Å². The molecular formula is C23H22N2O3. The topological polar surface area (TPSA) is 63.4 Å². The normalized spacial score (nSPS) is 10.4. The van der Waals surface area contributed by atoms with Gasteiger partial charge in [0.1, 0.15) is 0 Å². The number of nitrogens with zero attached hydrogens (tertiary/aromatic N) is 2. The first-order valence-corrected chi connectivity index (χ1v) is 9.25. The molecule has 28 heavy (non-hydrogen) atoms. The number of nitro groups is 1. The molecule has 142 valence electrons. The van der Waals surface area contributed by atoms with Gasteiger partial charge in [0.05, 0.1) is 4.92 Å². The summed E-state index contributed by atoms with van der Waals surface area (Å²) in [6.45, 7) is 1.04. The minimum atomic E-state index is -0.478. The number of rotatable bonds is 8. The predicted molar refractivity (Wildman–Crippen MR) is 109 cm³/mol. The van der Waals surface area contributed by atoms with Crippen LogP contribution < -0.4 is 0 Å². The summed E-state index contributed by atoms with van der Waals surface area (Å²) in [6.07, 6.45) is 1.69. The fourth-order valence-corrected chi connectivity index (χ4v) is 3.11. The molecule has 0 saturated carbocycles. The highest BCUT2D eigenvalue weighted by Gasteiger charge is 2.18. The number of aryl methyl sites for hydroxylation is 1. The molecule has 3 aromatic rings. The summed E-state index contributed by atoms with van der Waals surface area (Å²) >= 11 is 0. The smallest absolute Gasteiger partial charge is 0.270 e. The molecule has 0 heterocycles. The third-order valence-corrected chi connectivity index (χ3v) is 4.54. The van der Waals surface area contributed by atoms with Gasteiger partial charge < -0.3 is 4.90 Å². The number of hydrogen-bond acceptors (Lipinski definition) is 3. The molecule has 0 saturated heterocycles. The van der Waals surface area contributed by atoms with Crippen LogP contribution in [0.2, 0.25) is 0 Å². The van der Waals surface area contributed by atoms with E-state index in [0.717, 1.165) is 18.4 Å². The van der Waals surface area contributed by atoms with Crippen LogP contribution in [0, 0.1) is 10.1 Å². The molecule has 5 heteroatoms. The second kappa shape index (κ2) is 9.46. The Morgan fingerprint density at radius 2 is 1.50 bits per heavy atom. The first-order valence-electron chi connectivity index (χ1n) is 9.25. The number of carbonyl (C=O) groups excluding carboxylic acids is 1. The van der Waals surface area contributed by atoms with Crippen LogP contribution in [0.5, 0.6) is 0 Å². The van der Waals surface area contributed by atoms with Gasteiger partial charge in [-0.15, -0.1) is 0 Å². The lowest BCUT2D eigenvalue weighted by atomic mass is 10.1. The number of hydrogen-bond donors (Lipinski definition) is 0. The van der Waals surface area contributed by atoms with Crippen molar-refractivity contribution in [2.45, 2.75) is 19.4 Å². The summed E-state index contributed by atoms with van der Waals surface area (Å²) in [6, 6.07) is 25.8. The number of non-ortho nitro benzene ring substituents is 1. The van der Waals surface area contributed by atoms with E-state index in [1.807, 2.05) is 48.5 Å². The van der Waals surface area contributed by atoms with Crippen molar-refractivity contribution in [2.24, 2.45) is 0 Å². The molecule has 0 aromatic heterocycles. The van der Waals surface area contributed by atoms with Crippen molar-refractivity contribution in [3.63, 3.8) is 0 Å². The molecule has 0 fully saturated rings. The first kappa shape index (κ1) is 19.3. The molecule has 0 aliphatic heterocycles. The minimum absolute atomic E-state index is 0.0743. The van der Waals surface area contributed by atoms with Crippen molar-refractivity contribution in [1.82, 2.24) is 4.90 Å². The highest BCUT2D eigenvalue weighted by Crippen LogP contribution is 2.17. The van der Waals surface area contributed by atoms with Crippen LogP contribution in [0.15, 0.2) is 84.9 Å². The molecule has 0 atom stereocenters. The minimum Gasteiger partial charge on any atom is -0.334 e. The van der Waals surface area contributed by atoms with Crippen molar-refractivity contribution < 1.29 is 9.72 Å². The Labute approximate surface area is 164 Å². The summed E-state index contributed by atoms with van der Waals surface area (Å²) in [5.74, 6) is -0.194. The summed E-state index contributed by atoms with van der Waals surface area (Å²) in [5, 5.41) is 11.0. The lowest BCUT2D eigenvalue weighted by molar-refractivity contribution is -0.384. The Morgan fingerprint density at radius 3 is 2.14 bits per heavy atom. The van der Waals surface area contributed by atoms with Gasteiger partial charge in [0.25, 0.3) is 11.6 Å². The second-order valence-electron chi connectivity index (χ2n) is 6.61. The molecule has 3 aromatic carbocycles. The van der Waals surface area contributed by atoms with Crippen LogP contribution in [0.4, 0.5) is 5.69 Å². The molecule has 0 bridgehead atoms. The van der Waals surface area contributed by atoms with Crippen LogP contribution in [0.3, 0.4) is 0 Å². The number of amides is 1. The molecular weight excluding hydrogens is 352 g/mol. The van der Waals surface area contributed by atoms with Crippen LogP contribution in [-0.2, 0) is 13.0 Å². The molecule has 3 rings (SSSR count). The maximum atomic E-state index is 13.1. The van der Waals surface area contributed by atoms with E-state index in [2.05, 4.69) is 12.1 Å². The fourth-order valence-electron chi connectivity index (χ4n) is 3.11. The Bertz CT molecular complexity index is 927. The number of nitro benzene ring substituents is 1. The Hall–Kier alpha value is -3.47. The highest BCUT2D eigenvalue weighted by atomic mass is 16.6. The van der Waals surface area contributed by atoms with E-state index < -0.39 is 4.92 Å². The summed E-state index contributed by atoms with van der Waals surface area (Å²) in [4.78, 5) is 25.4. The van der Waals surface area contributed by atoms with Crippen LogP contribution >= 0.6 is 0 Å². The average Bonchev–Trinajstić information content (AvgIpc) is 2.74. The van der Waals surface area contributed by atoms with Gasteiger partial charge in [0.15, 0.2) is 0 Å². The Kier molecular flexibility index (Phi) is 6.52. The molecule has 0 unspecified atom stereocenters. The van der Waals surface area contributed by atoms with Gasteiger partial charge in [0, 0.05) is 30.8 Å². The molecule has 0 aliphatic carbocycles. The van der Waals surface area contributed by atoms with E-state index in [1.165, 1.54) is 17.7 Å². The molecule has 0 aliphatic rings. The van der Waals surface area contributed by atoms with Gasteiger partial charge in [-0.3, -0.25) is 14.9 Å². The molecule has 0 radical (unpaired) electrons.